The van der Waals surface area contributed by atoms with Crippen molar-refractivity contribution in [2.75, 3.05) is 19.3 Å². The molecular formula is C21H26N8O. The number of nitrogens with zero attached hydrogens (tertiary/aromatic N) is 4. The van der Waals surface area contributed by atoms with Gasteiger partial charge in [-0.3, -0.25) is 15.1 Å². The number of nitrogens with one attached hydrogen (secondary N) is 3. The smallest absolute Gasteiger partial charge is 0.273 e. The third-order valence-electron chi connectivity index (χ3n) is 5.60. The van der Waals surface area contributed by atoms with Crippen LogP contribution in [0.5, 0.6) is 0 Å². The first-order chi connectivity index (χ1) is 14.6. The summed E-state index contributed by atoms with van der Waals surface area (Å²) < 4.78 is 0. The zero-order valence-corrected chi connectivity index (χ0v) is 16.9. The Morgan fingerprint density at radius 2 is 1.97 bits per heavy atom. The van der Waals surface area contributed by atoms with E-state index in [-0.39, 0.29) is 28.9 Å². The van der Waals surface area contributed by atoms with Crippen molar-refractivity contribution < 1.29 is 4.79 Å². The van der Waals surface area contributed by atoms with Gasteiger partial charge in [0.15, 0.2) is 17.7 Å². The summed E-state index contributed by atoms with van der Waals surface area (Å²) in [5.74, 6) is 0.268. The van der Waals surface area contributed by atoms with Crippen LogP contribution < -0.4 is 21.7 Å². The second-order valence-electron chi connectivity index (χ2n) is 7.35. The number of nitriles is 1. The SMILES string of the molecule is CN=C(NC#N)NC1CCC(CNC(=O)c2nccnc2N)(c2ccccc2)CC1. The normalized spacial score (nSPS) is 21.3. The van der Waals surface area contributed by atoms with Gasteiger partial charge in [0.1, 0.15) is 0 Å². The highest BCUT2D eigenvalue weighted by atomic mass is 16.1. The van der Waals surface area contributed by atoms with Crippen LogP contribution >= 0.6 is 0 Å². The van der Waals surface area contributed by atoms with Crippen LogP contribution in [-0.2, 0) is 5.41 Å². The highest BCUT2D eigenvalue weighted by Gasteiger charge is 2.37. The lowest BCUT2D eigenvalue weighted by atomic mass is 9.68. The van der Waals surface area contributed by atoms with Crippen molar-refractivity contribution in [1.82, 2.24) is 25.9 Å². The first-order valence-electron chi connectivity index (χ1n) is 9.86. The maximum atomic E-state index is 12.6. The molecular weight excluding hydrogens is 380 g/mol. The molecule has 5 N–H and O–H groups in total. The standard InChI is InChI=1S/C21H26N8O/c1-24-20(28-14-22)29-16-7-9-21(10-8-16,15-5-3-2-4-6-15)13-27-19(30)17-18(23)26-12-11-25-17/h2-6,11-12,16H,7-10,13H2,1H3,(H2,23,26)(H,27,30)(H2,24,28,29). The highest BCUT2D eigenvalue weighted by molar-refractivity contribution is 5.96. The largest absolute Gasteiger partial charge is 0.382 e. The van der Waals surface area contributed by atoms with E-state index in [0.717, 1.165) is 25.7 Å². The maximum absolute atomic E-state index is 12.6. The molecule has 0 aliphatic heterocycles. The van der Waals surface area contributed by atoms with Crippen molar-refractivity contribution in [3.8, 4) is 6.19 Å². The van der Waals surface area contributed by atoms with Gasteiger partial charge in [-0.15, -0.1) is 0 Å². The first-order valence-corrected chi connectivity index (χ1v) is 9.86. The zero-order valence-electron chi connectivity index (χ0n) is 16.9. The minimum absolute atomic E-state index is 0.119. The number of benzene rings is 1. The molecule has 1 aromatic carbocycles. The van der Waals surface area contributed by atoms with Gasteiger partial charge in [-0.1, -0.05) is 30.3 Å². The molecule has 3 rings (SSSR count). The predicted octanol–water partition coefficient (Wildman–Crippen LogP) is 1.32. The van der Waals surface area contributed by atoms with Crippen LogP contribution in [0, 0.1) is 11.5 Å². The van der Waals surface area contributed by atoms with Gasteiger partial charge in [-0.05, 0) is 31.2 Å². The van der Waals surface area contributed by atoms with Crippen LogP contribution in [0.15, 0.2) is 47.7 Å². The van der Waals surface area contributed by atoms with Gasteiger partial charge in [0.2, 0.25) is 5.96 Å². The summed E-state index contributed by atoms with van der Waals surface area (Å²) in [6, 6.07) is 10.4. The third kappa shape index (κ3) is 4.84. The molecule has 9 nitrogen and oxygen atoms in total. The Labute approximate surface area is 175 Å². The van der Waals surface area contributed by atoms with Gasteiger partial charge in [-0.2, -0.15) is 5.26 Å². The average molecular weight is 406 g/mol. The number of carbonyl (C=O) groups is 1. The summed E-state index contributed by atoms with van der Waals surface area (Å²) >= 11 is 0. The number of nitrogens with two attached hydrogens (primary N) is 1. The van der Waals surface area contributed by atoms with E-state index in [4.69, 9.17) is 11.0 Å². The molecule has 1 aliphatic carbocycles. The zero-order chi connectivity index (χ0) is 21.4. The monoisotopic (exact) mass is 406 g/mol. The molecule has 0 unspecified atom stereocenters. The van der Waals surface area contributed by atoms with E-state index >= 15 is 0 Å². The molecule has 0 spiro atoms. The molecule has 0 atom stereocenters. The van der Waals surface area contributed by atoms with E-state index in [9.17, 15) is 4.79 Å². The Hall–Kier alpha value is -3.67. The Morgan fingerprint density at radius 3 is 2.60 bits per heavy atom. The van der Waals surface area contributed by atoms with Gasteiger partial charge in [0.25, 0.3) is 5.91 Å². The Balaban J connectivity index is 1.72. The molecule has 30 heavy (non-hydrogen) atoms. The maximum Gasteiger partial charge on any atom is 0.273 e. The molecule has 1 saturated carbocycles. The minimum Gasteiger partial charge on any atom is -0.382 e. The van der Waals surface area contributed by atoms with Gasteiger partial charge >= 0.3 is 0 Å². The summed E-state index contributed by atoms with van der Waals surface area (Å²) in [4.78, 5) is 24.7. The number of nitrogen functional groups attached to an aromatic ring is 1. The van der Waals surface area contributed by atoms with E-state index < -0.39 is 0 Å². The summed E-state index contributed by atoms with van der Waals surface area (Å²) in [6.07, 6.45) is 8.30. The molecule has 0 bridgehead atoms. The van der Waals surface area contributed by atoms with Crippen LogP contribution in [0.1, 0.15) is 41.7 Å². The number of aliphatic imine (C=N–C) groups is 1. The van der Waals surface area contributed by atoms with E-state index in [1.807, 2.05) is 24.4 Å². The Bertz CT molecular complexity index is 930. The van der Waals surface area contributed by atoms with E-state index in [1.165, 1.54) is 18.0 Å². The number of guanidine groups is 1. The van der Waals surface area contributed by atoms with Crippen LogP contribution in [0.2, 0.25) is 0 Å². The lowest BCUT2D eigenvalue weighted by molar-refractivity contribution is 0.0930. The molecule has 1 heterocycles. The van der Waals surface area contributed by atoms with E-state index in [2.05, 4.69) is 43.0 Å². The molecule has 9 heteroatoms. The second kappa shape index (κ2) is 9.69. The van der Waals surface area contributed by atoms with Crippen molar-refractivity contribution in [1.29, 1.82) is 5.26 Å². The van der Waals surface area contributed by atoms with Crippen LogP contribution in [0.4, 0.5) is 5.82 Å². The quantitative estimate of drug-likeness (QED) is 0.254. The Morgan fingerprint density at radius 1 is 1.27 bits per heavy atom. The molecule has 2 aromatic rings. The van der Waals surface area contributed by atoms with Crippen molar-refractivity contribution >= 4 is 17.7 Å². The van der Waals surface area contributed by atoms with E-state index in [0.29, 0.717) is 12.5 Å². The number of anilines is 1. The molecule has 1 aromatic heterocycles. The Kier molecular flexibility index (Phi) is 6.80. The first kappa shape index (κ1) is 21.0. The van der Waals surface area contributed by atoms with Gasteiger partial charge in [0, 0.05) is 37.4 Å². The van der Waals surface area contributed by atoms with Crippen molar-refractivity contribution in [3.63, 3.8) is 0 Å². The van der Waals surface area contributed by atoms with Gasteiger partial charge in [-0.25, -0.2) is 9.97 Å². The minimum atomic E-state index is -0.324. The molecule has 1 aliphatic rings. The molecule has 0 saturated heterocycles. The summed E-state index contributed by atoms with van der Waals surface area (Å²) in [7, 11) is 1.64. The number of rotatable bonds is 5. The number of carbonyl (C=O) groups excluding carboxylic acids is 1. The second-order valence-corrected chi connectivity index (χ2v) is 7.35. The molecule has 0 radical (unpaired) electrons. The number of hydrogen-bond donors (Lipinski definition) is 4. The van der Waals surface area contributed by atoms with Crippen LogP contribution in [0.25, 0.3) is 0 Å². The highest BCUT2D eigenvalue weighted by Crippen LogP contribution is 2.39. The third-order valence-corrected chi connectivity index (χ3v) is 5.60. The lowest BCUT2D eigenvalue weighted by Crippen LogP contribution is -2.49. The van der Waals surface area contributed by atoms with E-state index in [1.54, 1.807) is 7.05 Å². The topological polar surface area (TPSA) is 141 Å². The molecule has 156 valence electrons. The molecule has 1 amide bonds. The van der Waals surface area contributed by atoms with Gasteiger partial charge in [0.05, 0.1) is 0 Å². The number of aromatic nitrogens is 2. The lowest BCUT2D eigenvalue weighted by Gasteiger charge is -2.41. The van der Waals surface area contributed by atoms with Crippen LogP contribution in [-0.4, -0.2) is 41.5 Å². The fourth-order valence-electron chi connectivity index (χ4n) is 3.93. The summed E-state index contributed by atoms with van der Waals surface area (Å²) in [5.41, 5.74) is 6.93. The predicted molar refractivity (Wildman–Crippen MR) is 114 cm³/mol. The van der Waals surface area contributed by atoms with Crippen molar-refractivity contribution in [2.45, 2.75) is 37.1 Å². The van der Waals surface area contributed by atoms with Gasteiger partial charge < -0.3 is 16.4 Å². The summed E-state index contributed by atoms with van der Waals surface area (Å²) in [6.45, 7) is 0.476. The fraction of sp³-hybridized carbons (Fsp3) is 0.381. The van der Waals surface area contributed by atoms with Crippen molar-refractivity contribution in [3.05, 3.63) is 54.0 Å². The average Bonchev–Trinajstić information content (AvgIpc) is 2.79. The molecule has 1 fully saturated rings. The fourth-order valence-corrected chi connectivity index (χ4v) is 3.93. The van der Waals surface area contributed by atoms with Crippen molar-refractivity contribution in [2.24, 2.45) is 4.99 Å². The number of hydrogen-bond acceptors (Lipinski definition) is 6. The number of amides is 1. The van der Waals surface area contributed by atoms with Crippen LogP contribution in [0.3, 0.4) is 0 Å². The summed E-state index contributed by atoms with van der Waals surface area (Å²) in [5, 5.41) is 17.7.